The summed E-state index contributed by atoms with van der Waals surface area (Å²) in [5.41, 5.74) is 0. The summed E-state index contributed by atoms with van der Waals surface area (Å²) in [5, 5.41) is 9.17. The third-order valence-electron chi connectivity index (χ3n) is 4.31. The third-order valence-corrected chi connectivity index (χ3v) is 5.44. The summed E-state index contributed by atoms with van der Waals surface area (Å²) in [5.74, 6) is 1.58. The number of fused-ring (bicyclic) bond motifs is 1. The second kappa shape index (κ2) is 6.80. The smallest absolute Gasteiger partial charge is 0.232 e. The molecule has 0 aromatic heterocycles. The minimum absolute atomic E-state index is 0.157. The minimum atomic E-state index is 0.157. The molecule has 1 heterocycles. The molecule has 104 valence electrons. The third kappa shape index (κ3) is 3.41. The number of hydrogen-bond acceptors (Lipinski definition) is 3. The molecule has 18 heavy (non-hydrogen) atoms. The van der Waals surface area contributed by atoms with Gasteiger partial charge in [0.15, 0.2) is 0 Å². The maximum absolute atomic E-state index is 12.3. The summed E-state index contributed by atoms with van der Waals surface area (Å²) in [6, 6.07) is 0.519. The van der Waals surface area contributed by atoms with Crippen molar-refractivity contribution in [2.45, 2.75) is 56.7 Å². The standard InChI is InChI=1S/C14H25NO2S/c1-11(9-16)18-10-14(17)15-8-4-6-12-5-2-3-7-13(12)15/h11-13,16H,2-10H2,1H3. The average Bonchev–Trinajstić information content (AvgIpc) is 2.43. The van der Waals surface area contributed by atoms with Crippen molar-refractivity contribution in [3.8, 4) is 0 Å². The zero-order valence-electron chi connectivity index (χ0n) is 11.3. The molecule has 0 aromatic rings. The van der Waals surface area contributed by atoms with Gasteiger partial charge in [-0.25, -0.2) is 0 Å². The predicted molar refractivity (Wildman–Crippen MR) is 75.7 cm³/mol. The number of thioether (sulfide) groups is 1. The first-order valence-corrected chi connectivity index (χ1v) is 8.29. The quantitative estimate of drug-likeness (QED) is 0.853. The van der Waals surface area contributed by atoms with Crippen LogP contribution in [0.25, 0.3) is 0 Å². The summed E-state index contributed by atoms with van der Waals surface area (Å²) in [7, 11) is 0. The van der Waals surface area contributed by atoms with Crippen LogP contribution in [0.4, 0.5) is 0 Å². The Kier molecular flexibility index (Phi) is 5.37. The highest BCUT2D eigenvalue weighted by Crippen LogP contribution is 2.35. The van der Waals surface area contributed by atoms with Crippen LogP contribution in [0.1, 0.15) is 45.4 Å². The molecule has 2 rings (SSSR count). The van der Waals surface area contributed by atoms with Crippen LogP contribution in [0.2, 0.25) is 0 Å². The number of aliphatic hydroxyl groups excluding tert-OH is 1. The summed E-state index contributed by atoms with van der Waals surface area (Å²) >= 11 is 1.58. The molecule has 1 amide bonds. The van der Waals surface area contributed by atoms with E-state index in [9.17, 15) is 4.79 Å². The van der Waals surface area contributed by atoms with E-state index >= 15 is 0 Å². The molecular weight excluding hydrogens is 246 g/mol. The zero-order chi connectivity index (χ0) is 13.0. The van der Waals surface area contributed by atoms with E-state index in [0.717, 1.165) is 12.5 Å². The maximum atomic E-state index is 12.3. The second-order valence-electron chi connectivity index (χ2n) is 5.65. The molecule has 3 nitrogen and oxygen atoms in total. The van der Waals surface area contributed by atoms with Gasteiger partial charge in [-0.15, -0.1) is 11.8 Å². The Hall–Kier alpha value is -0.220. The van der Waals surface area contributed by atoms with Crippen molar-refractivity contribution >= 4 is 17.7 Å². The molecular formula is C14H25NO2S. The Bertz CT molecular complexity index is 283. The number of aliphatic hydroxyl groups is 1. The van der Waals surface area contributed by atoms with Gasteiger partial charge in [-0.1, -0.05) is 19.8 Å². The van der Waals surface area contributed by atoms with Gasteiger partial charge >= 0.3 is 0 Å². The summed E-state index contributed by atoms with van der Waals surface area (Å²) in [6.45, 7) is 3.08. The number of carbonyl (C=O) groups excluding carboxylic acids is 1. The van der Waals surface area contributed by atoms with Crippen LogP contribution >= 0.6 is 11.8 Å². The molecule has 0 radical (unpaired) electrons. The normalized spacial score (nSPS) is 29.8. The van der Waals surface area contributed by atoms with Crippen molar-refractivity contribution in [3.63, 3.8) is 0 Å². The molecule has 2 aliphatic rings. The van der Waals surface area contributed by atoms with E-state index < -0.39 is 0 Å². The number of piperidine rings is 1. The highest BCUT2D eigenvalue weighted by atomic mass is 32.2. The second-order valence-corrected chi connectivity index (χ2v) is 7.07. The van der Waals surface area contributed by atoms with Gasteiger partial charge < -0.3 is 10.0 Å². The van der Waals surface area contributed by atoms with Crippen molar-refractivity contribution in [1.29, 1.82) is 0 Å². The highest BCUT2D eigenvalue weighted by Gasteiger charge is 2.35. The first kappa shape index (κ1) is 14.2. The number of carbonyl (C=O) groups is 1. The number of hydrogen-bond donors (Lipinski definition) is 1. The fourth-order valence-electron chi connectivity index (χ4n) is 3.28. The van der Waals surface area contributed by atoms with E-state index in [1.165, 1.54) is 38.5 Å². The van der Waals surface area contributed by atoms with Crippen LogP contribution in [0.3, 0.4) is 0 Å². The lowest BCUT2D eigenvalue weighted by Gasteiger charge is -2.44. The molecule has 0 spiro atoms. The van der Waals surface area contributed by atoms with E-state index in [2.05, 4.69) is 4.90 Å². The Morgan fingerprint density at radius 2 is 2.06 bits per heavy atom. The fraction of sp³-hybridized carbons (Fsp3) is 0.929. The number of nitrogens with zero attached hydrogens (tertiary/aromatic N) is 1. The van der Waals surface area contributed by atoms with Crippen molar-refractivity contribution in [1.82, 2.24) is 4.90 Å². The molecule has 4 heteroatoms. The molecule has 0 bridgehead atoms. The SMILES string of the molecule is CC(CO)SCC(=O)N1CCCC2CCCCC21. The van der Waals surface area contributed by atoms with Gasteiger partial charge in [-0.3, -0.25) is 4.79 Å². The lowest BCUT2D eigenvalue weighted by atomic mass is 9.78. The largest absolute Gasteiger partial charge is 0.395 e. The zero-order valence-corrected chi connectivity index (χ0v) is 12.1. The molecule has 1 aliphatic heterocycles. The molecule has 1 aliphatic carbocycles. The van der Waals surface area contributed by atoms with Gasteiger partial charge in [0.05, 0.1) is 12.4 Å². The number of amides is 1. The Balaban J connectivity index is 1.87. The summed E-state index contributed by atoms with van der Waals surface area (Å²) < 4.78 is 0. The van der Waals surface area contributed by atoms with Crippen molar-refractivity contribution in [2.24, 2.45) is 5.92 Å². The maximum Gasteiger partial charge on any atom is 0.232 e. The lowest BCUT2D eigenvalue weighted by Crippen LogP contribution is -2.50. The topological polar surface area (TPSA) is 40.5 Å². The summed E-state index contributed by atoms with van der Waals surface area (Å²) in [6.07, 6.45) is 7.64. The molecule has 0 aromatic carbocycles. The monoisotopic (exact) mass is 271 g/mol. The van der Waals surface area contributed by atoms with E-state index in [1.807, 2.05) is 6.92 Å². The first-order chi connectivity index (χ1) is 8.72. The van der Waals surface area contributed by atoms with Crippen LogP contribution in [0.5, 0.6) is 0 Å². The molecule has 1 saturated carbocycles. The average molecular weight is 271 g/mol. The highest BCUT2D eigenvalue weighted by molar-refractivity contribution is 8.00. The molecule has 1 saturated heterocycles. The first-order valence-electron chi connectivity index (χ1n) is 7.24. The van der Waals surface area contributed by atoms with Crippen molar-refractivity contribution in [3.05, 3.63) is 0 Å². The Labute approximate surface area is 114 Å². The van der Waals surface area contributed by atoms with Gasteiger partial charge in [-0.2, -0.15) is 0 Å². The van der Waals surface area contributed by atoms with Gasteiger partial charge in [0.25, 0.3) is 0 Å². The van der Waals surface area contributed by atoms with Crippen LogP contribution in [-0.2, 0) is 4.79 Å². The van der Waals surface area contributed by atoms with Gasteiger partial charge in [0.2, 0.25) is 5.91 Å². The van der Waals surface area contributed by atoms with E-state index in [-0.39, 0.29) is 17.8 Å². The van der Waals surface area contributed by atoms with Crippen LogP contribution in [0, 0.1) is 5.92 Å². The summed E-state index contributed by atoms with van der Waals surface area (Å²) in [4.78, 5) is 14.4. The van der Waals surface area contributed by atoms with E-state index in [4.69, 9.17) is 5.11 Å². The lowest BCUT2D eigenvalue weighted by molar-refractivity contribution is -0.134. The van der Waals surface area contributed by atoms with Crippen LogP contribution in [0.15, 0.2) is 0 Å². The molecule has 2 fully saturated rings. The fourth-order valence-corrected chi connectivity index (χ4v) is 3.98. The minimum Gasteiger partial charge on any atom is -0.395 e. The van der Waals surface area contributed by atoms with E-state index in [1.54, 1.807) is 11.8 Å². The Morgan fingerprint density at radius 1 is 1.33 bits per heavy atom. The number of rotatable bonds is 4. The number of likely N-dealkylation sites (tertiary alicyclic amines) is 1. The van der Waals surface area contributed by atoms with Crippen LogP contribution < -0.4 is 0 Å². The Morgan fingerprint density at radius 3 is 2.83 bits per heavy atom. The molecule has 1 N–H and O–H groups in total. The molecule has 3 atom stereocenters. The van der Waals surface area contributed by atoms with Crippen molar-refractivity contribution < 1.29 is 9.90 Å². The van der Waals surface area contributed by atoms with Gasteiger partial charge in [0.1, 0.15) is 0 Å². The van der Waals surface area contributed by atoms with Gasteiger partial charge in [0, 0.05) is 17.8 Å². The van der Waals surface area contributed by atoms with Crippen molar-refractivity contribution in [2.75, 3.05) is 18.9 Å². The predicted octanol–water partition coefficient (Wildman–Crippen LogP) is 2.28. The van der Waals surface area contributed by atoms with Gasteiger partial charge in [-0.05, 0) is 31.6 Å². The van der Waals surface area contributed by atoms with E-state index in [0.29, 0.717) is 11.8 Å². The molecule has 3 unspecified atom stereocenters. The van der Waals surface area contributed by atoms with Crippen LogP contribution in [-0.4, -0.2) is 46.1 Å².